The summed E-state index contributed by atoms with van der Waals surface area (Å²) in [5, 5.41) is 0. The summed E-state index contributed by atoms with van der Waals surface area (Å²) in [6, 6.07) is 0. The van der Waals surface area contributed by atoms with Crippen molar-refractivity contribution < 1.29 is 565 Å². The molecule has 7 radical (unpaired) electrons. The van der Waals surface area contributed by atoms with E-state index in [0.717, 1.165) is 0 Å². The van der Waals surface area contributed by atoms with Crippen LogP contribution in [0.3, 0.4) is 0 Å². The molecule has 0 saturated carbocycles. The van der Waals surface area contributed by atoms with Gasteiger partial charge in [-0.25, -0.2) is 0 Å². The second kappa shape index (κ2) is 85.4. The fourth-order valence-electron chi connectivity index (χ4n) is 0. The van der Waals surface area contributed by atoms with E-state index < -0.39 is 0 Å². The third-order valence-electron chi connectivity index (χ3n) is 0. The minimum Gasteiger partial charge on any atom is 0 e. The van der Waals surface area contributed by atoms with E-state index in [1.165, 1.54) is 0 Å². The van der Waals surface area contributed by atoms with E-state index in [1.807, 2.05) is 0 Å². The van der Waals surface area contributed by atoms with E-state index >= 15 is 0 Å². The van der Waals surface area contributed by atoms with Crippen LogP contribution in [0.1, 0.15) is 0 Å². The van der Waals surface area contributed by atoms with Gasteiger partial charge in [0.25, 0.3) is 0 Å². The van der Waals surface area contributed by atoms with Crippen LogP contribution >= 0.6 is 0 Å². The number of rotatable bonds is 0. The van der Waals surface area contributed by atoms with Gasteiger partial charge in [-0.05, 0) is 0 Å². The molecular formula is CeDyErEuGdHoLaNdPmPrSmTbTmYb. The van der Waals surface area contributed by atoms with E-state index in [-0.39, 0.29) is 565 Å². The summed E-state index contributed by atoms with van der Waals surface area (Å²) < 4.78 is 0. The zero-order valence-corrected chi connectivity index (χ0v) is 40.8. The molecule has 0 bridgehead atoms. The van der Waals surface area contributed by atoms with Crippen LogP contribution in [0.2, 0.25) is 0 Å². The average molecular weight is 2160 g/mol. The van der Waals surface area contributed by atoms with Crippen LogP contribution < -0.4 is 0 Å². The summed E-state index contributed by atoms with van der Waals surface area (Å²) >= 11 is 0. The summed E-state index contributed by atoms with van der Waals surface area (Å²) in [4.78, 5) is 0. The van der Waals surface area contributed by atoms with Crippen LogP contribution in [-0.2, 0) is 0 Å². The van der Waals surface area contributed by atoms with Crippen LogP contribution in [0.5, 0.6) is 0 Å². The molecule has 0 aromatic carbocycles. The Bertz CT molecular complexity index is 53.3. The second-order valence-electron chi connectivity index (χ2n) is 0. The van der Waals surface area contributed by atoms with E-state index in [0.29, 0.717) is 0 Å². The third kappa shape index (κ3) is 77.4. The Morgan fingerprint density at radius 1 is 1.00 bits per heavy atom. The van der Waals surface area contributed by atoms with Crippen molar-refractivity contribution in [3.8, 4) is 0 Å². The molecule has 109 valence electrons. The average Bonchev–Trinajstić information content (AvgIpc) is 0. The molecule has 14 heteroatoms. The number of hydrogen-bond donors (Lipinski definition) is 0. The molecule has 0 unspecified atom stereocenters. The largest absolute Gasteiger partial charge is 0 e. The van der Waals surface area contributed by atoms with Crippen LogP contribution in [0, 0.1) is 565 Å². The molecule has 0 aliphatic rings. The van der Waals surface area contributed by atoms with Crippen LogP contribution in [0.15, 0.2) is 0 Å². The van der Waals surface area contributed by atoms with Gasteiger partial charge in [-0.1, -0.05) is 0 Å². The van der Waals surface area contributed by atoms with Crippen molar-refractivity contribution in [2.75, 3.05) is 0 Å². The normalized spacial score (nSPS) is 0. The van der Waals surface area contributed by atoms with Gasteiger partial charge in [-0.2, -0.15) is 0 Å². The minimum atomic E-state index is 0. The van der Waals surface area contributed by atoms with Gasteiger partial charge in [0, 0.05) is 565 Å². The molecule has 14 heavy (non-hydrogen) atoms. The molecule has 0 aliphatic heterocycles. The fraction of sp³-hybridized carbons (Fsp3) is 0. The minimum absolute atomic E-state index is 0. The Kier molecular flexibility index (Phi) is 574. The van der Waals surface area contributed by atoms with Crippen molar-refractivity contribution in [2.24, 2.45) is 0 Å². The zero-order chi connectivity index (χ0) is 0. The van der Waals surface area contributed by atoms with E-state index in [1.54, 1.807) is 0 Å². The van der Waals surface area contributed by atoms with Crippen LogP contribution in [0.4, 0.5) is 0 Å². The summed E-state index contributed by atoms with van der Waals surface area (Å²) in [5.74, 6) is 0. The van der Waals surface area contributed by atoms with Gasteiger partial charge in [-0.15, -0.1) is 0 Å². The maximum absolute atomic E-state index is 0. The molecule has 0 saturated heterocycles. The zero-order valence-electron chi connectivity index (χ0n) is 5.53. The van der Waals surface area contributed by atoms with Gasteiger partial charge in [0.15, 0.2) is 0 Å². The molecule has 0 heterocycles. The van der Waals surface area contributed by atoms with Crippen LogP contribution in [0.25, 0.3) is 0 Å². The molecule has 0 aromatic rings. The fourth-order valence-corrected chi connectivity index (χ4v) is 0. The van der Waals surface area contributed by atoms with Crippen molar-refractivity contribution in [2.45, 2.75) is 0 Å². The first-order valence-corrected chi connectivity index (χ1v) is 0. The Morgan fingerprint density at radius 2 is 1.00 bits per heavy atom. The molecule has 0 nitrogen and oxygen atoms in total. The molecule has 0 atom stereocenters. The SMILES string of the molecule is [Ce].[Dy].[Er].[Eu].[Gd].[Ho].[La].[Nd].[Pm].[Pr].[Sm].[Tb].[Tm].[Yb]. The van der Waals surface area contributed by atoms with Gasteiger partial charge < -0.3 is 0 Å². The summed E-state index contributed by atoms with van der Waals surface area (Å²) in [6.07, 6.45) is 0. The third-order valence-corrected chi connectivity index (χ3v) is 0. The molecule has 0 N–H and O–H groups in total. The standard InChI is InChI=1S/Ce.Dy.Er.Eu.Gd.Ho.La.Nd.Pm.Pr.Sm.Tb.Tm.Yb. The van der Waals surface area contributed by atoms with E-state index in [2.05, 4.69) is 0 Å². The first-order valence-electron chi connectivity index (χ1n) is 0. The Labute approximate surface area is 542 Å². The van der Waals surface area contributed by atoms with E-state index in [9.17, 15) is 0 Å². The monoisotopic (exact) mass is 2170 g/mol. The van der Waals surface area contributed by atoms with Crippen LogP contribution in [-0.4, -0.2) is 0 Å². The molecule has 0 aliphatic carbocycles. The second-order valence-corrected chi connectivity index (χ2v) is 0. The van der Waals surface area contributed by atoms with Gasteiger partial charge in [0.05, 0.1) is 0 Å². The molecule has 0 rings (SSSR count). The molecule has 0 spiro atoms. The van der Waals surface area contributed by atoms with Gasteiger partial charge in [-0.3, -0.25) is 0 Å². The van der Waals surface area contributed by atoms with Gasteiger partial charge in [0.1, 0.15) is 0 Å². The molecule has 0 amide bonds. The van der Waals surface area contributed by atoms with Gasteiger partial charge >= 0.3 is 0 Å². The Balaban J connectivity index is 0. The van der Waals surface area contributed by atoms with Gasteiger partial charge in [0.2, 0.25) is 0 Å². The molecule has 0 aromatic heterocycles. The smallest absolute Gasteiger partial charge is 0 e. The van der Waals surface area contributed by atoms with Crippen molar-refractivity contribution >= 4 is 0 Å². The summed E-state index contributed by atoms with van der Waals surface area (Å²) in [5.41, 5.74) is 0. The van der Waals surface area contributed by atoms with E-state index in [4.69, 9.17) is 0 Å². The first kappa shape index (κ1) is 94.0. The predicted octanol–water partition coefficient (Wildman–Crippen LogP) is 0. The molecule has 0 fully saturated rings. The van der Waals surface area contributed by atoms with Crippen molar-refractivity contribution in [1.29, 1.82) is 0 Å². The van der Waals surface area contributed by atoms with Crippen molar-refractivity contribution in [1.82, 2.24) is 0 Å². The topological polar surface area (TPSA) is 0 Å². The van der Waals surface area contributed by atoms with Crippen molar-refractivity contribution in [3.63, 3.8) is 0 Å². The predicted molar refractivity (Wildman–Crippen MR) is 0 cm³/mol. The molecular weight excluding hydrogens is 2160 g/mol. The Morgan fingerprint density at radius 3 is 1.00 bits per heavy atom. The quantitative estimate of drug-likeness (QED) is 0.301. The summed E-state index contributed by atoms with van der Waals surface area (Å²) in [7, 11) is 0. The maximum Gasteiger partial charge on any atom is 0 e. The van der Waals surface area contributed by atoms with Crippen molar-refractivity contribution in [3.05, 3.63) is 0 Å². The first-order chi connectivity index (χ1) is 0. The maximum atomic E-state index is 0. The Hall–Kier alpha value is 18.7. The summed E-state index contributed by atoms with van der Waals surface area (Å²) in [6.45, 7) is 0. The number of hydrogen-bond acceptors (Lipinski definition) is 0.